The highest BCUT2D eigenvalue weighted by atomic mass is 16.3. The molecule has 4 aliphatic rings. The number of hydrogen-bond donors (Lipinski definition) is 2. The Hall–Kier alpha value is -0.0800. The first kappa shape index (κ1) is 15.8. The Balaban J connectivity index is 2.13. The van der Waals surface area contributed by atoms with Gasteiger partial charge in [-0.3, -0.25) is 0 Å². The Morgan fingerprint density at radius 1 is 0.810 bits per heavy atom. The zero-order chi connectivity index (χ0) is 15.9. The first-order chi connectivity index (χ1) is 9.35. The summed E-state index contributed by atoms with van der Waals surface area (Å²) in [7, 11) is 0. The summed E-state index contributed by atoms with van der Waals surface area (Å²) >= 11 is 0. The van der Waals surface area contributed by atoms with Gasteiger partial charge in [0, 0.05) is 10.8 Å². The van der Waals surface area contributed by atoms with Crippen LogP contribution >= 0.6 is 0 Å². The molecule has 4 fully saturated rings. The van der Waals surface area contributed by atoms with E-state index in [9.17, 15) is 10.2 Å². The first-order valence-corrected chi connectivity index (χ1v) is 8.80. The first-order valence-electron chi connectivity index (χ1n) is 8.80. The molecular formula is C19H34O2. The summed E-state index contributed by atoms with van der Waals surface area (Å²) in [6, 6.07) is 0. The summed E-state index contributed by atoms with van der Waals surface area (Å²) in [5.74, 6) is 1.31. The number of aliphatic hydroxyl groups is 2. The third kappa shape index (κ3) is 1.97. The third-order valence-electron chi connectivity index (χ3n) is 7.93. The van der Waals surface area contributed by atoms with Crippen molar-refractivity contribution in [3.63, 3.8) is 0 Å². The van der Waals surface area contributed by atoms with Crippen LogP contribution in [0.5, 0.6) is 0 Å². The van der Waals surface area contributed by atoms with Gasteiger partial charge in [0.05, 0.1) is 11.2 Å². The maximum atomic E-state index is 11.0. The summed E-state index contributed by atoms with van der Waals surface area (Å²) in [5.41, 5.74) is -0.987. The van der Waals surface area contributed by atoms with E-state index in [-0.39, 0.29) is 10.8 Å². The second-order valence-corrected chi connectivity index (χ2v) is 10.2. The largest absolute Gasteiger partial charge is 0.390 e. The Kier molecular flexibility index (Phi) is 3.05. The van der Waals surface area contributed by atoms with Crippen LogP contribution in [0.3, 0.4) is 0 Å². The molecule has 0 amide bonds. The van der Waals surface area contributed by atoms with Gasteiger partial charge in [-0.05, 0) is 83.5 Å². The predicted molar refractivity (Wildman–Crippen MR) is 85.9 cm³/mol. The SMILES string of the molecule is CC(C)C12CC3CC(C(C)(C)O)(C1)CC(C(C)(C)O)(C3)C2. The fraction of sp³-hybridized carbons (Fsp3) is 1.00. The van der Waals surface area contributed by atoms with Crippen molar-refractivity contribution in [3.05, 3.63) is 0 Å². The van der Waals surface area contributed by atoms with Gasteiger partial charge in [0.2, 0.25) is 0 Å². The summed E-state index contributed by atoms with van der Waals surface area (Å²) in [5, 5.41) is 22.0. The van der Waals surface area contributed by atoms with Crippen LogP contribution < -0.4 is 0 Å². The highest BCUT2D eigenvalue weighted by Gasteiger charge is 2.69. The Morgan fingerprint density at radius 3 is 1.57 bits per heavy atom. The lowest BCUT2D eigenvalue weighted by Gasteiger charge is -2.72. The van der Waals surface area contributed by atoms with Crippen molar-refractivity contribution in [2.45, 2.75) is 91.3 Å². The smallest absolute Gasteiger partial charge is 0.0648 e. The topological polar surface area (TPSA) is 40.5 Å². The van der Waals surface area contributed by atoms with Crippen LogP contribution in [0.25, 0.3) is 0 Å². The molecule has 0 spiro atoms. The maximum absolute atomic E-state index is 11.0. The molecule has 4 bridgehead atoms. The van der Waals surface area contributed by atoms with Crippen molar-refractivity contribution < 1.29 is 10.2 Å². The van der Waals surface area contributed by atoms with Crippen LogP contribution in [-0.2, 0) is 0 Å². The summed E-state index contributed by atoms with van der Waals surface area (Å²) < 4.78 is 0. The molecule has 122 valence electrons. The average Bonchev–Trinajstić information content (AvgIpc) is 2.23. The molecule has 2 unspecified atom stereocenters. The quantitative estimate of drug-likeness (QED) is 0.821. The minimum atomic E-state index is -0.650. The van der Waals surface area contributed by atoms with E-state index in [1.54, 1.807) is 0 Å². The standard InChI is InChI=1S/C19H34O2/c1-13(2)17-7-14-8-18(10-17,15(3,4)20)12-19(9-14,11-17)16(5,6)21/h13-14,20-21H,7-12H2,1-6H3. The maximum Gasteiger partial charge on any atom is 0.0648 e. The third-order valence-corrected chi connectivity index (χ3v) is 7.93. The van der Waals surface area contributed by atoms with Crippen LogP contribution in [0.15, 0.2) is 0 Å². The minimum Gasteiger partial charge on any atom is -0.390 e. The Morgan fingerprint density at radius 2 is 1.24 bits per heavy atom. The predicted octanol–water partition coefficient (Wildman–Crippen LogP) is 4.14. The molecule has 0 aromatic heterocycles. The normalized spacial score (nSPS) is 46.4. The second-order valence-electron chi connectivity index (χ2n) is 10.2. The highest BCUT2D eigenvalue weighted by molar-refractivity contribution is 5.19. The zero-order valence-electron chi connectivity index (χ0n) is 14.8. The molecule has 0 aromatic rings. The van der Waals surface area contributed by atoms with Gasteiger partial charge in [0.15, 0.2) is 0 Å². The summed E-state index contributed by atoms with van der Waals surface area (Å²) in [4.78, 5) is 0. The van der Waals surface area contributed by atoms with Gasteiger partial charge in [-0.1, -0.05) is 13.8 Å². The van der Waals surface area contributed by atoms with E-state index in [4.69, 9.17) is 0 Å². The molecule has 2 nitrogen and oxygen atoms in total. The van der Waals surface area contributed by atoms with Crippen LogP contribution in [0, 0.1) is 28.1 Å². The van der Waals surface area contributed by atoms with Crippen molar-refractivity contribution in [2.24, 2.45) is 28.1 Å². The van der Waals surface area contributed by atoms with Crippen LogP contribution in [-0.4, -0.2) is 21.4 Å². The van der Waals surface area contributed by atoms with Crippen molar-refractivity contribution in [1.29, 1.82) is 0 Å². The highest BCUT2D eigenvalue weighted by Crippen LogP contribution is 2.75. The van der Waals surface area contributed by atoms with Gasteiger partial charge in [-0.2, -0.15) is 0 Å². The van der Waals surface area contributed by atoms with Gasteiger partial charge in [0.1, 0.15) is 0 Å². The van der Waals surface area contributed by atoms with E-state index in [1.165, 1.54) is 6.42 Å². The molecule has 0 aliphatic heterocycles. The zero-order valence-corrected chi connectivity index (χ0v) is 14.8. The monoisotopic (exact) mass is 294 g/mol. The molecule has 0 saturated heterocycles. The summed E-state index contributed by atoms with van der Waals surface area (Å²) in [6.45, 7) is 12.7. The molecule has 0 radical (unpaired) electrons. The summed E-state index contributed by atoms with van der Waals surface area (Å²) in [6.07, 6.45) is 6.91. The van der Waals surface area contributed by atoms with E-state index < -0.39 is 11.2 Å². The lowest BCUT2D eigenvalue weighted by Crippen LogP contribution is -2.68. The average molecular weight is 294 g/mol. The molecule has 4 saturated carbocycles. The van der Waals surface area contributed by atoms with Crippen molar-refractivity contribution in [2.75, 3.05) is 0 Å². The van der Waals surface area contributed by atoms with Gasteiger partial charge in [0.25, 0.3) is 0 Å². The molecule has 21 heavy (non-hydrogen) atoms. The van der Waals surface area contributed by atoms with Crippen molar-refractivity contribution in [3.8, 4) is 0 Å². The van der Waals surface area contributed by atoms with Crippen molar-refractivity contribution >= 4 is 0 Å². The fourth-order valence-electron chi connectivity index (χ4n) is 6.52. The minimum absolute atomic E-state index is 0.00329. The van der Waals surface area contributed by atoms with Crippen LogP contribution in [0.1, 0.15) is 80.1 Å². The lowest BCUT2D eigenvalue weighted by atomic mass is 9.33. The van der Waals surface area contributed by atoms with Gasteiger partial charge in [-0.25, -0.2) is 0 Å². The van der Waals surface area contributed by atoms with Crippen LogP contribution in [0.2, 0.25) is 0 Å². The molecule has 0 aromatic carbocycles. The van der Waals surface area contributed by atoms with E-state index in [0.29, 0.717) is 17.3 Å². The molecule has 2 atom stereocenters. The van der Waals surface area contributed by atoms with Gasteiger partial charge >= 0.3 is 0 Å². The van der Waals surface area contributed by atoms with E-state index in [2.05, 4.69) is 13.8 Å². The van der Waals surface area contributed by atoms with Crippen LogP contribution in [0.4, 0.5) is 0 Å². The molecule has 4 rings (SSSR count). The second kappa shape index (κ2) is 4.06. The Bertz CT molecular complexity index is 407. The molecule has 4 aliphatic carbocycles. The van der Waals surface area contributed by atoms with Gasteiger partial charge < -0.3 is 10.2 Å². The molecule has 2 N–H and O–H groups in total. The fourth-order valence-corrected chi connectivity index (χ4v) is 6.52. The van der Waals surface area contributed by atoms with E-state index in [0.717, 1.165) is 32.1 Å². The molecule has 2 heteroatoms. The number of rotatable bonds is 3. The van der Waals surface area contributed by atoms with E-state index >= 15 is 0 Å². The molecular weight excluding hydrogens is 260 g/mol. The Labute approximate surface area is 130 Å². The van der Waals surface area contributed by atoms with Gasteiger partial charge in [-0.15, -0.1) is 0 Å². The lowest BCUT2D eigenvalue weighted by molar-refractivity contribution is -0.270. The molecule has 0 heterocycles. The van der Waals surface area contributed by atoms with E-state index in [1.807, 2.05) is 27.7 Å². The van der Waals surface area contributed by atoms with Crippen molar-refractivity contribution in [1.82, 2.24) is 0 Å². The number of hydrogen-bond acceptors (Lipinski definition) is 2.